The Hall–Kier alpha value is -8.93. The largest absolute Gasteiger partial charge is 0.456 e. The lowest BCUT2D eigenvalue weighted by Crippen LogP contribution is -2.04. The Balaban J connectivity index is 1.11. The zero-order chi connectivity index (χ0) is 43.3. The van der Waals surface area contributed by atoms with Crippen molar-refractivity contribution in [1.82, 2.24) is 19.5 Å². The first-order valence-electron chi connectivity index (χ1n) is 22.3. The van der Waals surface area contributed by atoms with Gasteiger partial charge in [0.2, 0.25) is 0 Å². The molecule has 5 nitrogen and oxygen atoms in total. The number of benzene rings is 11. The fourth-order valence-electron chi connectivity index (χ4n) is 10.1. The van der Waals surface area contributed by atoms with Gasteiger partial charge in [0.15, 0.2) is 17.5 Å². The molecule has 0 aliphatic heterocycles. The second kappa shape index (κ2) is 14.3. The van der Waals surface area contributed by atoms with Crippen molar-refractivity contribution in [2.75, 3.05) is 0 Å². The highest BCUT2D eigenvalue weighted by Crippen LogP contribution is 2.44. The third kappa shape index (κ3) is 5.77. The van der Waals surface area contributed by atoms with Gasteiger partial charge in [-0.1, -0.05) is 164 Å². The molecule has 0 N–H and O–H groups in total. The average molecular weight is 841 g/mol. The van der Waals surface area contributed by atoms with Crippen molar-refractivity contribution < 1.29 is 4.42 Å². The monoisotopic (exact) mass is 840 g/mol. The SMILES string of the molecule is c1ccc(-c2cccc(-c3nc(-c4ccc5ccccc5c4)nc(-c4cc5c(cc4-n4c6cc7ccccc7cc6c6c7ccccc7ccc64)oc4cc6ccccc6cc45)n3)c2)cc1. The van der Waals surface area contributed by atoms with Crippen LogP contribution in [0.4, 0.5) is 0 Å². The van der Waals surface area contributed by atoms with E-state index in [4.69, 9.17) is 19.4 Å². The van der Waals surface area contributed by atoms with E-state index in [9.17, 15) is 0 Å². The van der Waals surface area contributed by atoms with E-state index in [0.717, 1.165) is 93.4 Å². The van der Waals surface area contributed by atoms with Gasteiger partial charge in [0.1, 0.15) is 11.2 Å². The van der Waals surface area contributed by atoms with Crippen molar-refractivity contribution in [3.63, 3.8) is 0 Å². The maximum atomic E-state index is 6.87. The molecule has 0 amide bonds. The standard InChI is InChI=1S/C61H36N4O/c1-2-13-37(14-3-1)41-22-12-23-46(29-41)59-62-60(47-26-25-38-15-4-5-17-40(38)30-47)64-61(63-59)52-35-50-49-31-42-18-7-9-21-45(42)34-56(49)66-57(50)36-55(52)65-53-28-27-39-16-10-11-24-48(39)58(53)51-32-43-19-6-8-20-44(43)33-54(51)65/h1-36H. The van der Waals surface area contributed by atoms with Crippen LogP contribution in [0.2, 0.25) is 0 Å². The van der Waals surface area contributed by atoms with Crippen LogP contribution in [-0.2, 0) is 0 Å². The van der Waals surface area contributed by atoms with Gasteiger partial charge in [-0.3, -0.25) is 0 Å². The lowest BCUT2D eigenvalue weighted by atomic mass is 10.0. The Kier molecular flexibility index (Phi) is 7.91. The summed E-state index contributed by atoms with van der Waals surface area (Å²) in [5, 5.41) is 13.7. The minimum atomic E-state index is 0.567. The van der Waals surface area contributed by atoms with E-state index in [0.29, 0.717) is 17.5 Å². The molecule has 0 unspecified atom stereocenters. The number of fused-ring (bicyclic) bond motifs is 11. The van der Waals surface area contributed by atoms with E-state index < -0.39 is 0 Å². The molecule has 0 spiro atoms. The van der Waals surface area contributed by atoms with Crippen molar-refractivity contribution in [2.45, 2.75) is 0 Å². The van der Waals surface area contributed by atoms with Crippen LogP contribution < -0.4 is 0 Å². The Bertz CT molecular complexity index is 4300. The summed E-state index contributed by atoms with van der Waals surface area (Å²) < 4.78 is 9.27. The topological polar surface area (TPSA) is 56.7 Å². The van der Waals surface area contributed by atoms with Crippen LogP contribution in [0.25, 0.3) is 138 Å². The molecule has 0 aliphatic rings. The minimum Gasteiger partial charge on any atom is -0.456 e. The highest BCUT2D eigenvalue weighted by atomic mass is 16.3. The fraction of sp³-hybridized carbons (Fsp3) is 0. The Morgan fingerprint density at radius 2 is 0.848 bits per heavy atom. The lowest BCUT2D eigenvalue weighted by molar-refractivity contribution is 0.669. The maximum absolute atomic E-state index is 6.87. The molecule has 0 radical (unpaired) electrons. The zero-order valence-electron chi connectivity index (χ0n) is 35.5. The van der Waals surface area contributed by atoms with Gasteiger partial charge >= 0.3 is 0 Å². The van der Waals surface area contributed by atoms with E-state index in [1.807, 2.05) is 6.07 Å². The van der Waals surface area contributed by atoms with Crippen LogP contribution in [0, 0.1) is 0 Å². The number of rotatable bonds is 5. The van der Waals surface area contributed by atoms with Gasteiger partial charge in [0.05, 0.1) is 16.7 Å². The molecule has 0 saturated heterocycles. The molecule has 11 aromatic carbocycles. The smallest absolute Gasteiger partial charge is 0.166 e. The molecule has 14 rings (SSSR count). The van der Waals surface area contributed by atoms with Crippen LogP contribution in [0.3, 0.4) is 0 Å². The summed E-state index contributed by atoms with van der Waals surface area (Å²) in [5.41, 5.74) is 9.60. The van der Waals surface area contributed by atoms with Gasteiger partial charge in [-0.15, -0.1) is 0 Å². The van der Waals surface area contributed by atoms with E-state index >= 15 is 0 Å². The first-order valence-corrected chi connectivity index (χ1v) is 22.3. The fourth-order valence-corrected chi connectivity index (χ4v) is 10.1. The first kappa shape index (κ1) is 36.5. The van der Waals surface area contributed by atoms with Crippen LogP contribution in [0.1, 0.15) is 0 Å². The average Bonchev–Trinajstić information content (AvgIpc) is 3.90. The predicted molar refractivity (Wildman–Crippen MR) is 273 cm³/mol. The highest BCUT2D eigenvalue weighted by Gasteiger charge is 2.24. The molecular formula is C61H36N4O. The van der Waals surface area contributed by atoms with Crippen molar-refractivity contribution in [1.29, 1.82) is 0 Å². The summed E-state index contributed by atoms with van der Waals surface area (Å²) in [4.78, 5) is 16.2. The molecule has 0 saturated carbocycles. The molecule has 3 aromatic heterocycles. The summed E-state index contributed by atoms with van der Waals surface area (Å²) in [6.07, 6.45) is 0. The van der Waals surface area contributed by atoms with E-state index in [-0.39, 0.29) is 0 Å². The second-order valence-electron chi connectivity index (χ2n) is 17.2. The summed E-state index contributed by atoms with van der Waals surface area (Å²) >= 11 is 0. The minimum absolute atomic E-state index is 0.567. The molecule has 0 bridgehead atoms. The third-order valence-corrected chi connectivity index (χ3v) is 13.3. The third-order valence-electron chi connectivity index (χ3n) is 13.3. The zero-order valence-corrected chi connectivity index (χ0v) is 35.5. The molecular weight excluding hydrogens is 805 g/mol. The van der Waals surface area contributed by atoms with Crippen LogP contribution in [0.15, 0.2) is 223 Å². The molecule has 66 heavy (non-hydrogen) atoms. The number of nitrogens with zero attached hydrogens (tertiary/aromatic N) is 4. The molecule has 0 atom stereocenters. The number of furan rings is 1. The van der Waals surface area contributed by atoms with Crippen LogP contribution in [-0.4, -0.2) is 19.5 Å². The summed E-state index contributed by atoms with van der Waals surface area (Å²) in [6.45, 7) is 0. The second-order valence-corrected chi connectivity index (χ2v) is 17.2. The molecule has 3 heterocycles. The van der Waals surface area contributed by atoms with Crippen molar-refractivity contribution in [3.8, 4) is 51.0 Å². The maximum Gasteiger partial charge on any atom is 0.166 e. The molecule has 5 heteroatoms. The van der Waals surface area contributed by atoms with Gasteiger partial charge in [0.25, 0.3) is 0 Å². The summed E-state index contributed by atoms with van der Waals surface area (Å²) in [5.74, 6) is 1.75. The quantitative estimate of drug-likeness (QED) is 0.173. The number of aromatic nitrogens is 4. The Labute approximate surface area is 378 Å². The van der Waals surface area contributed by atoms with Crippen LogP contribution >= 0.6 is 0 Å². The van der Waals surface area contributed by atoms with Gasteiger partial charge in [0, 0.05) is 44.3 Å². The van der Waals surface area contributed by atoms with Crippen molar-refractivity contribution in [2.24, 2.45) is 0 Å². The van der Waals surface area contributed by atoms with Gasteiger partial charge < -0.3 is 8.98 Å². The number of hydrogen-bond donors (Lipinski definition) is 0. The van der Waals surface area contributed by atoms with Gasteiger partial charge in [-0.2, -0.15) is 0 Å². The summed E-state index contributed by atoms with van der Waals surface area (Å²) in [7, 11) is 0. The molecule has 0 fully saturated rings. The van der Waals surface area contributed by atoms with Gasteiger partial charge in [-0.25, -0.2) is 15.0 Å². The molecule has 14 aromatic rings. The highest BCUT2D eigenvalue weighted by molar-refractivity contribution is 6.24. The number of hydrogen-bond acceptors (Lipinski definition) is 4. The van der Waals surface area contributed by atoms with E-state index in [1.165, 1.54) is 26.9 Å². The van der Waals surface area contributed by atoms with E-state index in [2.05, 4.69) is 217 Å². The molecule has 306 valence electrons. The van der Waals surface area contributed by atoms with Crippen molar-refractivity contribution in [3.05, 3.63) is 218 Å². The van der Waals surface area contributed by atoms with E-state index in [1.54, 1.807) is 0 Å². The Morgan fingerprint density at radius 3 is 1.62 bits per heavy atom. The molecule has 0 aliphatic carbocycles. The van der Waals surface area contributed by atoms with Gasteiger partial charge in [-0.05, 0) is 103 Å². The normalized spacial score (nSPS) is 11.9. The first-order chi connectivity index (χ1) is 32.7. The van der Waals surface area contributed by atoms with Crippen LogP contribution in [0.5, 0.6) is 0 Å². The summed E-state index contributed by atoms with van der Waals surface area (Å²) in [6, 6.07) is 77.6. The lowest BCUT2D eigenvalue weighted by Gasteiger charge is -2.16. The van der Waals surface area contributed by atoms with Crippen molar-refractivity contribution >= 4 is 86.8 Å². The Morgan fingerprint density at radius 1 is 0.303 bits per heavy atom. The predicted octanol–water partition coefficient (Wildman–Crippen LogP) is 16.1.